The normalized spacial score (nSPS) is 29.8. The summed E-state index contributed by atoms with van der Waals surface area (Å²) < 4.78 is 0. The van der Waals surface area contributed by atoms with Crippen LogP contribution in [0.15, 0.2) is 24.3 Å². The Morgan fingerprint density at radius 3 is 2.65 bits per heavy atom. The minimum absolute atomic E-state index is 0.241. The predicted molar refractivity (Wildman–Crippen MR) is 68.6 cm³/mol. The molecule has 2 unspecified atom stereocenters. The summed E-state index contributed by atoms with van der Waals surface area (Å²) in [5.74, 6) is 2.18. The van der Waals surface area contributed by atoms with Gasteiger partial charge in [0, 0.05) is 24.3 Å². The lowest BCUT2D eigenvalue weighted by molar-refractivity contribution is -0.122. The molecule has 0 aliphatic heterocycles. The lowest BCUT2D eigenvalue weighted by atomic mass is 10.0. The minimum Gasteiger partial charge on any atom is -0.399 e. The van der Waals surface area contributed by atoms with Crippen molar-refractivity contribution in [3.05, 3.63) is 24.3 Å². The van der Waals surface area contributed by atoms with E-state index in [1.54, 1.807) is 4.90 Å². The van der Waals surface area contributed by atoms with Crippen LogP contribution >= 0.6 is 0 Å². The number of anilines is 2. The van der Waals surface area contributed by atoms with Crippen LogP contribution < -0.4 is 10.6 Å². The number of nitrogens with two attached hydrogens (primary N) is 1. The summed E-state index contributed by atoms with van der Waals surface area (Å²) in [5, 5.41) is 0. The van der Waals surface area contributed by atoms with Gasteiger partial charge in [0.15, 0.2) is 0 Å². The third kappa shape index (κ3) is 1.90. The second-order valence-corrected chi connectivity index (χ2v) is 5.42. The number of carbonyl (C=O) groups is 1. The van der Waals surface area contributed by atoms with Crippen molar-refractivity contribution in [2.24, 2.45) is 17.8 Å². The first kappa shape index (κ1) is 10.6. The Hall–Kier alpha value is -1.51. The van der Waals surface area contributed by atoms with Gasteiger partial charge >= 0.3 is 0 Å². The van der Waals surface area contributed by atoms with Crippen LogP contribution in [-0.4, -0.2) is 13.0 Å². The van der Waals surface area contributed by atoms with Crippen molar-refractivity contribution in [1.82, 2.24) is 0 Å². The molecule has 0 aromatic heterocycles. The summed E-state index contributed by atoms with van der Waals surface area (Å²) in [4.78, 5) is 14.1. The van der Waals surface area contributed by atoms with E-state index in [1.807, 2.05) is 31.3 Å². The Morgan fingerprint density at radius 1 is 1.29 bits per heavy atom. The first-order chi connectivity index (χ1) is 8.15. The Morgan fingerprint density at radius 2 is 2.00 bits per heavy atom. The van der Waals surface area contributed by atoms with Crippen LogP contribution in [0.1, 0.15) is 19.3 Å². The molecule has 1 aromatic rings. The highest BCUT2D eigenvalue weighted by Crippen LogP contribution is 2.54. The van der Waals surface area contributed by atoms with E-state index in [2.05, 4.69) is 0 Å². The van der Waals surface area contributed by atoms with Crippen LogP contribution in [0, 0.1) is 17.8 Å². The van der Waals surface area contributed by atoms with E-state index in [1.165, 1.54) is 6.42 Å². The average molecular weight is 230 g/mol. The number of nitrogen functional groups attached to an aromatic ring is 1. The summed E-state index contributed by atoms with van der Waals surface area (Å²) in [5.41, 5.74) is 7.34. The van der Waals surface area contributed by atoms with E-state index in [9.17, 15) is 4.79 Å². The largest absolute Gasteiger partial charge is 0.399 e. The fraction of sp³-hybridized carbons (Fsp3) is 0.500. The Bertz CT molecular complexity index is 447. The number of amides is 1. The molecule has 2 aliphatic carbocycles. The lowest BCUT2D eigenvalue weighted by Gasteiger charge is -2.22. The summed E-state index contributed by atoms with van der Waals surface area (Å²) in [6, 6.07) is 7.52. The molecule has 2 aliphatic rings. The van der Waals surface area contributed by atoms with Crippen molar-refractivity contribution >= 4 is 17.3 Å². The monoisotopic (exact) mass is 230 g/mol. The van der Waals surface area contributed by atoms with Gasteiger partial charge in [0.2, 0.25) is 5.91 Å². The molecule has 2 fully saturated rings. The molecule has 0 spiro atoms. The molecule has 0 heterocycles. The molecule has 2 N–H and O–H groups in total. The quantitative estimate of drug-likeness (QED) is 0.792. The zero-order valence-electron chi connectivity index (χ0n) is 10.1. The van der Waals surface area contributed by atoms with Crippen molar-refractivity contribution in [3.63, 3.8) is 0 Å². The van der Waals surface area contributed by atoms with Crippen molar-refractivity contribution in [2.45, 2.75) is 19.3 Å². The summed E-state index contributed by atoms with van der Waals surface area (Å²) in [7, 11) is 1.85. The number of nitrogens with zero attached hydrogens (tertiary/aromatic N) is 1. The van der Waals surface area contributed by atoms with E-state index in [-0.39, 0.29) is 11.8 Å². The molecule has 3 heteroatoms. The smallest absolute Gasteiger partial charge is 0.229 e. The van der Waals surface area contributed by atoms with Gasteiger partial charge < -0.3 is 10.6 Å². The lowest BCUT2D eigenvalue weighted by Crippen LogP contribution is -2.32. The van der Waals surface area contributed by atoms with Gasteiger partial charge in [0.25, 0.3) is 0 Å². The number of hydrogen-bond donors (Lipinski definition) is 1. The molecule has 1 aromatic carbocycles. The molecular weight excluding hydrogens is 212 g/mol. The molecule has 3 nitrogen and oxygen atoms in total. The van der Waals surface area contributed by atoms with E-state index in [0.29, 0.717) is 5.69 Å². The van der Waals surface area contributed by atoms with Gasteiger partial charge in [0.1, 0.15) is 0 Å². The second kappa shape index (κ2) is 3.76. The third-order valence-electron chi connectivity index (χ3n) is 4.18. The van der Waals surface area contributed by atoms with Crippen LogP contribution in [-0.2, 0) is 4.79 Å². The van der Waals surface area contributed by atoms with Gasteiger partial charge in [-0.3, -0.25) is 4.79 Å². The van der Waals surface area contributed by atoms with Crippen molar-refractivity contribution in [3.8, 4) is 0 Å². The minimum atomic E-state index is 0.241. The number of benzene rings is 1. The maximum atomic E-state index is 12.3. The molecule has 0 radical (unpaired) electrons. The number of fused-ring (bicyclic) bond motifs is 1. The topological polar surface area (TPSA) is 46.3 Å². The molecule has 2 saturated carbocycles. The highest BCUT2D eigenvalue weighted by molar-refractivity contribution is 5.95. The fourth-order valence-electron chi connectivity index (χ4n) is 3.05. The zero-order valence-corrected chi connectivity index (χ0v) is 10.1. The van der Waals surface area contributed by atoms with Crippen LogP contribution in [0.5, 0.6) is 0 Å². The van der Waals surface area contributed by atoms with Crippen LogP contribution in [0.25, 0.3) is 0 Å². The van der Waals surface area contributed by atoms with Crippen LogP contribution in [0.2, 0.25) is 0 Å². The maximum absolute atomic E-state index is 12.3. The van der Waals surface area contributed by atoms with E-state index >= 15 is 0 Å². The molecule has 0 saturated heterocycles. The van der Waals surface area contributed by atoms with Crippen molar-refractivity contribution in [1.29, 1.82) is 0 Å². The van der Waals surface area contributed by atoms with Crippen LogP contribution in [0.4, 0.5) is 11.4 Å². The van der Waals surface area contributed by atoms with E-state index in [4.69, 9.17) is 5.73 Å². The molecule has 1 amide bonds. The van der Waals surface area contributed by atoms with Gasteiger partial charge in [-0.1, -0.05) is 6.07 Å². The number of hydrogen-bond acceptors (Lipinski definition) is 2. The molecule has 90 valence electrons. The van der Waals surface area contributed by atoms with Crippen LogP contribution in [0.3, 0.4) is 0 Å². The Labute approximate surface area is 102 Å². The number of carbonyl (C=O) groups excluding carboxylic acids is 1. The van der Waals surface area contributed by atoms with Gasteiger partial charge in [-0.05, 0) is 49.3 Å². The summed E-state index contributed by atoms with van der Waals surface area (Å²) in [6.07, 6.45) is 3.54. The summed E-state index contributed by atoms with van der Waals surface area (Å²) >= 11 is 0. The zero-order chi connectivity index (χ0) is 12.0. The highest BCUT2D eigenvalue weighted by Gasteiger charge is 2.48. The Kier molecular flexibility index (Phi) is 2.35. The average Bonchev–Trinajstić information content (AvgIpc) is 2.94. The van der Waals surface area contributed by atoms with Gasteiger partial charge in [0.05, 0.1) is 0 Å². The maximum Gasteiger partial charge on any atom is 0.229 e. The number of rotatable bonds is 2. The van der Waals surface area contributed by atoms with Gasteiger partial charge in [-0.15, -0.1) is 0 Å². The standard InChI is InChI=1S/C14H18N2O/c1-16(13-4-2-3-12(15)8-13)14(17)11-6-9-5-10(9)7-11/h2-4,8-11H,5-7,15H2,1H3. The first-order valence-electron chi connectivity index (χ1n) is 6.28. The third-order valence-corrected chi connectivity index (χ3v) is 4.18. The predicted octanol–water partition coefficient (Wildman–Crippen LogP) is 2.28. The molecule has 17 heavy (non-hydrogen) atoms. The SMILES string of the molecule is CN(C(=O)C1CC2CC2C1)c1cccc(N)c1. The summed E-state index contributed by atoms with van der Waals surface area (Å²) in [6.45, 7) is 0. The van der Waals surface area contributed by atoms with Gasteiger partial charge in [-0.2, -0.15) is 0 Å². The molecule has 3 rings (SSSR count). The fourth-order valence-corrected chi connectivity index (χ4v) is 3.05. The van der Waals surface area contributed by atoms with Crippen molar-refractivity contribution in [2.75, 3.05) is 17.7 Å². The van der Waals surface area contributed by atoms with E-state index < -0.39 is 0 Å². The molecule has 2 atom stereocenters. The molecule has 0 bridgehead atoms. The highest BCUT2D eigenvalue weighted by atomic mass is 16.2. The Balaban J connectivity index is 1.73. The van der Waals surface area contributed by atoms with E-state index in [0.717, 1.165) is 30.4 Å². The second-order valence-electron chi connectivity index (χ2n) is 5.42. The van der Waals surface area contributed by atoms with Crippen molar-refractivity contribution < 1.29 is 4.79 Å². The van der Waals surface area contributed by atoms with Gasteiger partial charge in [-0.25, -0.2) is 0 Å². The molecular formula is C14H18N2O. The first-order valence-corrected chi connectivity index (χ1v) is 6.28.